The molecule has 0 saturated heterocycles. The van der Waals surface area contributed by atoms with Crippen LogP contribution in [0.3, 0.4) is 0 Å². The smallest absolute Gasteiger partial charge is 0.416 e. The Hall–Kier alpha value is -1.49. The Bertz CT molecular complexity index is 493. The summed E-state index contributed by atoms with van der Waals surface area (Å²) < 4.78 is 42.2. The largest absolute Gasteiger partial charge is 0.444 e. The van der Waals surface area contributed by atoms with Crippen LogP contribution in [-0.2, 0) is 6.18 Å². The average Bonchev–Trinajstić information content (AvgIpc) is 2.69. The van der Waals surface area contributed by atoms with Crippen molar-refractivity contribution in [2.45, 2.75) is 6.18 Å². The van der Waals surface area contributed by atoms with Gasteiger partial charge in [0.15, 0.2) is 0 Å². The van der Waals surface area contributed by atoms with Crippen LogP contribution in [0, 0.1) is 0 Å². The standard InChI is InChI=1S/C10H5ClF3NO/c11-8-2-1-6(10(12,13)14)5-7(8)9-15-3-4-16-9/h1-5H. The first kappa shape index (κ1) is 11.0. The van der Waals surface area contributed by atoms with Crippen molar-refractivity contribution >= 4 is 11.6 Å². The molecule has 0 aliphatic carbocycles. The summed E-state index contributed by atoms with van der Waals surface area (Å²) in [5.74, 6) is 0.0658. The molecule has 6 heteroatoms. The molecule has 1 aromatic heterocycles. The minimum Gasteiger partial charge on any atom is -0.444 e. The van der Waals surface area contributed by atoms with Crippen molar-refractivity contribution in [2.75, 3.05) is 0 Å². The lowest BCUT2D eigenvalue weighted by Crippen LogP contribution is -2.04. The molecule has 0 aliphatic rings. The van der Waals surface area contributed by atoms with Crippen LogP contribution in [0.1, 0.15) is 5.56 Å². The second-order valence-electron chi connectivity index (χ2n) is 3.03. The molecule has 0 unspecified atom stereocenters. The number of oxazole rings is 1. The molecule has 2 aromatic rings. The highest BCUT2D eigenvalue weighted by Crippen LogP contribution is 2.35. The van der Waals surface area contributed by atoms with E-state index < -0.39 is 11.7 Å². The van der Waals surface area contributed by atoms with Crippen molar-refractivity contribution in [3.63, 3.8) is 0 Å². The Balaban J connectivity index is 2.54. The third kappa shape index (κ3) is 2.04. The molecular weight excluding hydrogens is 243 g/mol. The number of alkyl halides is 3. The van der Waals surface area contributed by atoms with E-state index in [2.05, 4.69) is 4.98 Å². The number of benzene rings is 1. The first-order chi connectivity index (χ1) is 7.48. The van der Waals surface area contributed by atoms with Gasteiger partial charge in [0.1, 0.15) is 6.26 Å². The van der Waals surface area contributed by atoms with Crippen molar-refractivity contribution in [2.24, 2.45) is 0 Å². The van der Waals surface area contributed by atoms with Crippen LogP contribution in [0.25, 0.3) is 11.5 Å². The molecular formula is C10H5ClF3NO. The SMILES string of the molecule is FC(F)(F)c1ccc(Cl)c(-c2ncco2)c1. The molecule has 0 amide bonds. The fourth-order valence-corrected chi connectivity index (χ4v) is 1.42. The number of aromatic nitrogens is 1. The van der Waals surface area contributed by atoms with Gasteiger partial charge < -0.3 is 4.42 Å². The Morgan fingerprint density at radius 3 is 2.56 bits per heavy atom. The normalized spacial score (nSPS) is 11.8. The Morgan fingerprint density at radius 2 is 2.00 bits per heavy atom. The van der Waals surface area contributed by atoms with Gasteiger partial charge in [0.05, 0.1) is 22.3 Å². The lowest BCUT2D eigenvalue weighted by Gasteiger charge is -2.08. The maximum Gasteiger partial charge on any atom is 0.416 e. The quantitative estimate of drug-likeness (QED) is 0.761. The minimum atomic E-state index is -4.41. The van der Waals surface area contributed by atoms with E-state index in [1.54, 1.807) is 0 Å². The van der Waals surface area contributed by atoms with E-state index in [1.165, 1.54) is 18.5 Å². The molecule has 16 heavy (non-hydrogen) atoms. The maximum atomic E-state index is 12.4. The zero-order valence-corrected chi connectivity index (χ0v) is 8.51. The van der Waals surface area contributed by atoms with Gasteiger partial charge in [0.2, 0.25) is 5.89 Å². The molecule has 0 radical (unpaired) electrons. The molecule has 2 rings (SSSR count). The van der Waals surface area contributed by atoms with Gasteiger partial charge >= 0.3 is 6.18 Å². The molecule has 1 aromatic carbocycles. The molecule has 2 nitrogen and oxygen atoms in total. The molecule has 0 N–H and O–H groups in total. The van der Waals surface area contributed by atoms with E-state index in [0.29, 0.717) is 0 Å². The van der Waals surface area contributed by atoms with Crippen molar-refractivity contribution in [3.05, 3.63) is 41.2 Å². The lowest BCUT2D eigenvalue weighted by molar-refractivity contribution is -0.137. The van der Waals surface area contributed by atoms with Crippen LogP contribution >= 0.6 is 11.6 Å². The Morgan fingerprint density at radius 1 is 1.25 bits per heavy atom. The predicted octanol–water partition coefficient (Wildman–Crippen LogP) is 4.01. The molecule has 0 aliphatic heterocycles. The summed E-state index contributed by atoms with van der Waals surface area (Å²) in [4.78, 5) is 3.75. The van der Waals surface area contributed by atoms with Crippen molar-refractivity contribution in [1.82, 2.24) is 4.98 Å². The number of halogens is 4. The van der Waals surface area contributed by atoms with E-state index in [4.69, 9.17) is 16.0 Å². The first-order valence-corrected chi connectivity index (χ1v) is 4.63. The fraction of sp³-hybridized carbons (Fsp3) is 0.100. The summed E-state index contributed by atoms with van der Waals surface area (Å²) in [6.07, 6.45) is -1.80. The highest BCUT2D eigenvalue weighted by molar-refractivity contribution is 6.33. The molecule has 0 saturated carbocycles. The van der Waals surface area contributed by atoms with Crippen molar-refractivity contribution in [1.29, 1.82) is 0 Å². The number of hydrogen-bond acceptors (Lipinski definition) is 2. The molecule has 0 atom stereocenters. The summed E-state index contributed by atoms with van der Waals surface area (Å²) in [5, 5.41) is 0.162. The lowest BCUT2D eigenvalue weighted by atomic mass is 10.1. The van der Waals surface area contributed by atoms with Gasteiger partial charge in [-0.25, -0.2) is 4.98 Å². The van der Waals surface area contributed by atoms with Crippen LogP contribution in [0.15, 0.2) is 35.1 Å². The highest BCUT2D eigenvalue weighted by Gasteiger charge is 2.31. The van der Waals surface area contributed by atoms with Crippen LogP contribution in [0.2, 0.25) is 5.02 Å². The van der Waals surface area contributed by atoms with Crippen LogP contribution in [-0.4, -0.2) is 4.98 Å². The summed E-state index contributed by atoms with van der Waals surface area (Å²) in [6, 6.07) is 2.99. The Kier molecular flexibility index (Phi) is 2.63. The van der Waals surface area contributed by atoms with E-state index >= 15 is 0 Å². The third-order valence-corrected chi connectivity index (χ3v) is 2.29. The zero-order valence-electron chi connectivity index (χ0n) is 7.75. The Labute approximate surface area is 93.7 Å². The second kappa shape index (κ2) is 3.83. The summed E-state index contributed by atoms with van der Waals surface area (Å²) in [7, 11) is 0. The van der Waals surface area contributed by atoms with Gasteiger partial charge in [-0.05, 0) is 18.2 Å². The fourth-order valence-electron chi connectivity index (χ4n) is 1.22. The van der Waals surface area contributed by atoms with Crippen LogP contribution < -0.4 is 0 Å². The van der Waals surface area contributed by atoms with Gasteiger partial charge in [-0.3, -0.25) is 0 Å². The van der Waals surface area contributed by atoms with Gasteiger partial charge in [0.25, 0.3) is 0 Å². The highest BCUT2D eigenvalue weighted by atomic mass is 35.5. The first-order valence-electron chi connectivity index (χ1n) is 4.25. The number of hydrogen-bond donors (Lipinski definition) is 0. The molecule has 1 heterocycles. The van der Waals surface area contributed by atoms with Gasteiger partial charge in [0, 0.05) is 0 Å². The van der Waals surface area contributed by atoms with Gasteiger partial charge in [-0.15, -0.1) is 0 Å². The summed E-state index contributed by atoms with van der Waals surface area (Å²) >= 11 is 5.77. The van der Waals surface area contributed by atoms with Crippen molar-refractivity contribution in [3.8, 4) is 11.5 Å². The summed E-state index contributed by atoms with van der Waals surface area (Å²) in [6.45, 7) is 0. The average molecular weight is 248 g/mol. The van der Waals surface area contributed by atoms with E-state index in [9.17, 15) is 13.2 Å². The van der Waals surface area contributed by atoms with E-state index in [-0.39, 0.29) is 16.5 Å². The van der Waals surface area contributed by atoms with E-state index in [0.717, 1.165) is 12.1 Å². The monoisotopic (exact) mass is 247 g/mol. The second-order valence-corrected chi connectivity index (χ2v) is 3.44. The minimum absolute atomic E-state index is 0.0658. The predicted molar refractivity (Wildman–Crippen MR) is 52.0 cm³/mol. The maximum absolute atomic E-state index is 12.4. The third-order valence-electron chi connectivity index (χ3n) is 1.96. The topological polar surface area (TPSA) is 26.0 Å². The van der Waals surface area contributed by atoms with Gasteiger partial charge in [-0.2, -0.15) is 13.2 Å². The van der Waals surface area contributed by atoms with Crippen LogP contribution in [0.4, 0.5) is 13.2 Å². The van der Waals surface area contributed by atoms with Crippen LogP contribution in [0.5, 0.6) is 0 Å². The number of rotatable bonds is 1. The molecule has 0 fully saturated rings. The molecule has 84 valence electrons. The van der Waals surface area contributed by atoms with Gasteiger partial charge in [-0.1, -0.05) is 11.6 Å². The molecule has 0 spiro atoms. The van der Waals surface area contributed by atoms with E-state index in [1.807, 2.05) is 0 Å². The summed E-state index contributed by atoms with van der Waals surface area (Å²) in [5.41, 5.74) is -0.661. The number of nitrogens with zero attached hydrogens (tertiary/aromatic N) is 1. The van der Waals surface area contributed by atoms with Crippen molar-refractivity contribution < 1.29 is 17.6 Å². The molecule has 0 bridgehead atoms. The zero-order chi connectivity index (χ0) is 11.8.